The Hall–Kier alpha value is -4.03. The van der Waals surface area contributed by atoms with Gasteiger partial charge in [0.15, 0.2) is 5.78 Å². The van der Waals surface area contributed by atoms with Crippen LogP contribution in [-0.2, 0) is 16.0 Å². The molecule has 3 aromatic rings. The van der Waals surface area contributed by atoms with Gasteiger partial charge in [-0.2, -0.15) is 0 Å². The van der Waals surface area contributed by atoms with E-state index < -0.39 is 6.04 Å². The van der Waals surface area contributed by atoms with E-state index in [-0.39, 0.29) is 17.6 Å². The Kier molecular flexibility index (Phi) is 7.67. The van der Waals surface area contributed by atoms with Gasteiger partial charge in [0.2, 0.25) is 11.8 Å². The SMILES string of the molecule is CC(=O)Nc1ccc(/C=C/C(=O)c2cccc(NC(=O)C(N)Cc3ccccc3)c2)cc1. The maximum Gasteiger partial charge on any atom is 0.241 e. The lowest BCUT2D eigenvalue weighted by Gasteiger charge is -2.13. The fourth-order valence-corrected chi connectivity index (χ4v) is 3.09. The number of allylic oxidation sites excluding steroid dienone is 1. The van der Waals surface area contributed by atoms with E-state index in [1.807, 2.05) is 30.3 Å². The highest BCUT2D eigenvalue weighted by Gasteiger charge is 2.14. The number of rotatable bonds is 8. The summed E-state index contributed by atoms with van der Waals surface area (Å²) >= 11 is 0. The lowest BCUT2D eigenvalue weighted by atomic mass is 10.1. The maximum absolute atomic E-state index is 12.6. The number of ketones is 1. The van der Waals surface area contributed by atoms with Gasteiger partial charge in [-0.1, -0.05) is 60.7 Å². The van der Waals surface area contributed by atoms with Crippen molar-refractivity contribution < 1.29 is 14.4 Å². The van der Waals surface area contributed by atoms with Gasteiger partial charge < -0.3 is 16.4 Å². The van der Waals surface area contributed by atoms with Gasteiger partial charge in [-0.05, 0) is 47.9 Å². The van der Waals surface area contributed by atoms with Crippen LogP contribution in [0.25, 0.3) is 6.08 Å². The van der Waals surface area contributed by atoms with Gasteiger partial charge in [0.1, 0.15) is 0 Å². The summed E-state index contributed by atoms with van der Waals surface area (Å²) in [6, 6.07) is 22.7. The van der Waals surface area contributed by atoms with E-state index in [4.69, 9.17) is 5.73 Å². The zero-order valence-electron chi connectivity index (χ0n) is 17.7. The van der Waals surface area contributed by atoms with Crippen molar-refractivity contribution in [3.8, 4) is 0 Å². The van der Waals surface area contributed by atoms with E-state index in [1.165, 1.54) is 13.0 Å². The van der Waals surface area contributed by atoms with Crippen molar-refractivity contribution in [2.75, 3.05) is 10.6 Å². The fraction of sp³-hybridized carbons (Fsp3) is 0.115. The average Bonchev–Trinajstić information content (AvgIpc) is 2.79. The molecule has 3 rings (SSSR count). The molecular formula is C26H25N3O3. The normalized spacial score (nSPS) is 11.7. The van der Waals surface area contributed by atoms with Gasteiger partial charge in [-0.15, -0.1) is 0 Å². The number of hydrogen-bond acceptors (Lipinski definition) is 4. The van der Waals surface area contributed by atoms with Crippen LogP contribution >= 0.6 is 0 Å². The van der Waals surface area contributed by atoms with Crippen LogP contribution in [0, 0.1) is 0 Å². The predicted octanol–water partition coefficient (Wildman–Crippen LogP) is 4.05. The lowest BCUT2D eigenvalue weighted by Crippen LogP contribution is -2.37. The molecule has 162 valence electrons. The Labute approximate surface area is 187 Å². The molecule has 0 aromatic heterocycles. The molecule has 1 atom stereocenters. The Bertz CT molecular complexity index is 1120. The molecule has 0 saturated heterocycles. The van der Waals surface area contributed by atoms with Crippen molar-refractivity contribution in [3.05, 3.63) is 102 Å². The highest BCUT2D eigenvalue weighted by atomic mass is 16.2. The van der Waals surface area contributed by atoms with Gasteiger partial charge >= 0.3 is 0 Å². The molecular weight excluding hydrogens is 402 g/mol. The lowest BCUT2D eigenvalue weighted by molar-refractivity contribution is -0.117. The van der Waals surface area contributed by atoms with E-state index in [1.54, 1.807) is 54.6 Å². The number of carbonyl (C=O) groups is 3. The molecule has 6 nitrogen and oxygen atoms in total. The zero-order valence-corrected chi connectivity index (χ0v) is 17.7. The van der Waals surface area contributed by atoms with Crippen LogP contribution in [0.1, 0.15) is 28.4 Å². The molecule has 3 aromatic carbocycles. The molecule has 0 aliphatic carbocycles. The molecule has 4 N–H and O–H groups in total. The Morgan fingerprint density at radius 2 is 1.59 bits per heavy atom. The first-order valence-electron chi connectivity index (χ1n) is 10.2. The second-order valence-electron chi connectivity index (χ2n) is 7.37. The van der Waals surface area contributed by atoms with Crippen LogP contribution < -0.4 is 16.4 Å². The number of nitrogens with two attached hydrogens (primary N) is 1. The molecule has 1 unspecified atom stereocenters. The predicted molar refractivity (Wildman–Crippen MR) is 127 cm³/mol. The molecule has 0 aliphatic rings. The topological polar surface area (TPSA) is 101 Å². The van der Waals surface area contributed by atoms with Crippen LogP contribution in [-0.4, -0.2) is 23.6 Å². The first-order valence-corrected chi connectivity index (χ1v) is 10.2. The highest BCUT2D eigenvalue weighted by molar-refractivity contribution is 6.08. The molecule has 2 amide bonds. The van der Waals surface area contributed by atoms with E-state index in [0.717, 1.165) is 11.1 Å². The van der Waals surface area contributed by atoms with Crippen LogP contribution in [0.5, 0.6) is 0 Å². The first-order chi connectivity index (χ1) is 15.4. The molecule has 0 bridgehead atoms. The second-order valence-corrected chi connectivity index (χ2v) is 7.37. The maximum atomic E-state index is 12.6. The van der Waals surface area contributed by atoms with Gasteiger partial charge in [0, 0.05) is 23.9 Å². The molecule has 0 heterocycles. The van der Waals surface area contributed by atoms with E-state index >= 15 is 0 Å². The molecule has 6 heteroatoms. The van der Waals surface area contributed by atoms with E-state index in [2.05, 4.69) is 10.6 Å². The standard InChI is InChI=1S/C26H25N3O3/c1-18(30)28-22-13-10-19(11-14-22)12-15-25(31)21-8-5-9-23(17-21)29-26(32)24(27)16-20-6-3-2-4-7-20/h2-15,17,24H,16,27H2,1H3,(H,28,30)(H,29,32)/b15-12+. The van der Waals surface area contributed by atoms with Crippen LogP contribution in [0.4, 0.5) is 11.4 Å². The first kappa shape index (κ1) is 22.7. The number of carbonyl (C=O) groups excluding carboxylic acids is 3. The van der Waals surface area contributed by atoms with Gasteiger partial charge in [-0.25, -0.2) is 0 Å². The van der Waals surface area contributed by atoms with Crippen molar-refractivity contribution in [1.29, 1.82) is 0 Å². The highest BCUT2D eigenvalue weighted by Crippen LogP contribution is 2.15. The van der Waals surface area contributed by atoms with Crippen LogP contribution in [0.15, 0.2) is 84.9 Å². The van der Waals surface area contributed by atoms with E-state index in [9.17, 15) is 14.4 Å². The van der Waals surface area contributed by atoms with Crippen molar-refractivity contribution in [3.63, 3.8) is 0 Å². The van der Waals surface area contributed by atoms with Gasteiger partial charge in [-0.3, -0.25) is 14.4 Å². The fourth-order valence-electron chi connectivity index (χ4n) is 3.09. The Morgan fingerprint density at radius 1 is 0.875 bits per heavy atom. The average molecular weight is 428 g/mol. The molecule has 0 spiro atoms. The van der Waals surface area contributed by atoms with E-state index in [0.29, 0.717) is 23.4 Å². The molecule has 0 radical (unpaired) electrons. The number of hydrogen-bond donors (Lipinski definition) is 3. The van der Waals surface area contributed by atoms with Crippen LogP contribution in [0.2, 0.25) is 0 Å². The largest absolute Gasteiger partial charge is 0.326 e. The van der Waals surface area contributed by atoms with Crippen molar-refractivity contribution >= 4 is 35.0 Å². The Balaban J connectivity index is 1.60. The molecule has 0 aliphatic heterocycles. The van der Waals surface area contributed by atoms with Crippen molar-refractivity contribution in [2.24, 2.45) is 5.73 Å². The molecule has 0 saturated carbocycles. The summed E-state index contributed by atoms with van der Waals surface area (Å²) < 4.78 is 0. The third-order valence-electron chi connectivity index (χ3n) is 4.71. The molecule has 0 fully saturated rings. The Morgan fingerprint density at radius 3 is 2.28 bits per heavy atom. The third kappa shape index (κ3) is 6.75. The number of benzene rings is 3. The monoisotopic (exact) mass is 427 g/mol. The van der Waals surface area contributed by atoms with Crippen molar-refractivity contribution in [2.45, 2.75) is 19.4 Å². The summed E-state index contributed by atoms with van der Waals surface area (Å²) in [6.45, 7) is 1.44. The number of amides is 2. The minimum Gasteiger partial charge on any atom is -0.326 e. The molecule has 32 heavy (non-hydrogen) atoms. The summed E-state index contributed by atoms with van der Waals surface area (Å²) in [5, 5.41) is 5.47. The smallest absolute Gasteiger partial charge is 0.241 e. The van der Waals surface area contributed by atoms with Crippen LogP contribution in [0.3, 0.4) is 0 Å². The van der Waals surface area contributed by atoms with Gasteiger partial charge in [0.05, 0.1) is 6.04 Å². The van der Waals surface area contributed by atoms with Gasteiger partial charge in [0.25, 0.3) is 0 Å². The zero-order chi connectivity index (χ0) is 22.9. The number of anilines is 2. The minimum absolute atomic E-state index is 0.142. The quantitative estimate of drug-likeness (QED) is 0.373. The van der Waals surface area contributed by atoms with Crippen molar-refractivity contribution in [1.82, 2.24) is 0 Å². The number of nitrogens with one attached hydrogen (secondary N) is 2. The second kappa shape index (κ2) is 10.8. The minimum atomic E-state index is -0.697. The summed E-state index contributed by atoms with van der Waals surface area (Å²) in [7, 11) is 0. The summed E-state index contributed by atoms with van der Waals surface area (Å²) in [4.78, 5) is 36.1. The summed E-state index contributed by atoms with van der Waals surface area (Å²) in [5.41, 5.74) is 9.49. The summed E-state index contributed by atoms with van der Waals surface area (Å²) in [5.74, 6) is -0.648. The summed E-state index contributed by atoms with van der Waals surface area (Å²) in [6.07, 6.45) is 3.59. The third-order valence-corrected chi connectivity index (χ3v) is 4.71.